The molecule has 10 rings (SSSR count). The summed E-state index contributed by atoms with van der Waals surface area (Å²) in [6.45, 7) is 0. The lowest BCUT2D eigenvalue weighted by Gasteiger charge is -2.12. The Balaban J connectivity index is 1.13. The average molecular weight is 560 g/mol. The molecule has 0 spiro atoms. The van der Waals surface area contributed by atoms with Crippen LogP contribution in [0, 0.1) is 0 Å². The summed E-state index contributed by atoms with van der Waals surface area (Å²) in [4.78, 5) is 0. The Bertz CT molecular complexity index is 2670. The third kappa shape index (κ3) is 3.25. The lowest BCUT2D eigenvalue weighted by Crippen LogP contribution is -1.94. The van der Waals surface area contributed by atoms with Gasteiger partial charge in [-0.15, -0.1) is 0 Å². The highest BCUT2D eigenvalue weighted by Gasteiger charge is 2.17. The van der Waals surface area contributed by atoms with Crippen molar-refractivity contribution in [3.8, 4) is 27.9 Å². The Morgan fingerprint density at radius 2 is 0.864 bits per heavy atom. The second kappa shape index (κ2) is 8.82. The van der Waals surface area contributed by atoms with Gasteiger partial charge in [-0.2, -0.15) is 0 Å². The van der Waals surface area contributed by atoms with E-state index >= 15 is 0 Å². The van der Waals surface area contributed by atoms with Crippen molar-refractivity contribution in [2.45, 2.75) is 0 Å². The molecular formula is C42H25NO. The van der Waals surface area contributed by atoms with E-state index in [0.29, 0.717) is 0 Å². The molecular weight excluding hydrogens is 534 g/mol. The molecule has 0 unspecified atom stereocenters. The van der Waals surface area contributed by atoms with E-state index in [1.807, 2.05) is 0 Å². The molecule has 8 aromatic carbocycles. The van der Waals surface area contributed by atoms with E-state index in [1.165, 1.54) is 76.4 Å². The van der Waals surface area contributed by atoms with Crippen molar-refractivity contribution in [3.63, 3.8) is 0 Å². The molecule has 44 heavy (non-hydrogen) atoms. The van der Waals surface area contributed by atoms with E-state index in [9.17, 15) is 0 Å². The van der Waals surface area contributed by atoms with Gasteiger partial charge in [-0.05, 0) is 92.3 Å². The van der Waals surface area contributed by atoms with Crippen LogP contribution in [0.15, 0.2) is 156 Å². The molecule has 204 valence electrons. The van der Waals surface area contributed by atoms with Crippen LogP contribution in [0.2, 0.25) is 0 Å². The van der Waals surface area contributed by atoms with Crippen molar-refractivity contribution in [2.75, 3.05) is 0 Å². The monoisotopic (exact) mass is 559 g/mol. The fourth-order valence-electron chi connectivity index (χ4n) is 7.40. The molecule has 0 saturated heterocycles. The van der Waals surface area contributed by atoms with Gasteiger partial charge in [0.05, 0.1) is 11.0 Å². The number of fused-ring (bicyclic) bond motifs is 6. The zero-order valence-corrected chi connectivity index (χ0v) is 23.8. The molecule has 2 aromatic heterocycles. The van der Waals surface area contributed by atoms with Gasteiger partial charge in [-0.1, -0.05) is 103 Å². The van der Waals surface area contributed by atoms with Gasteiger partial charge in [-0.25, -0.2) is 0 Å². The van der Waals surface area contributed by atoms with Crippen LogP contribution in [0.3, 0.4) is 0 Å². The maximum absolute atomic E-state index is 6.25. The van der Waals surface area contributed by atoms with Crippen LogP contribution >= 0.6 is 0 Å². The van der Waals surface area contributed by atoms with Crippen LogP contribution in [-0.4, -0.2) is 4.57 Å². The topological polar surface area (TPSA) is 18.1 Å². The molecule has 0 amide bonds. The van der Waals surface area contributed by atoms with Gasteiger partial charge in [0.15, 0.2) is 0 Å². The summed E-state index contributed by atoms with van der Waals surface area (Å²) in [5, 5.41) is 10.0. The number of aromatic nitrogens is 1. The smallest absolute Gasteiger partial charge is 0.136 e. The van der Waals surface area contributed by atoms with Crippen molar-refractivity contribution in [1.82, 2.24) is 4.57 Å². The predicted octanol–water partition coefficient (Wildman–Crippen LogP) is 11.8. The summed E-state index contributed by atoms with van der Waals surface area (Å²) in [7, 11) is 0. The fourth-order valence-corrected chi connectivity index (χ4v) is 7.40. The maximum atomic E-state index is 6.25. The number of hydrogen-bond donors (Lipinski definition) is 0. The zero-order chi connectivity index (χ0) is 28.8. The lowest BCUT2D eigenvalue weighted by molar-refractivity contribution is 0.669. The number of nitrogens with zero attached hydrogens (tertiary/aromatic N) is 1. The molecule has 10 aromatic rings. The average Bonchev–Trinajstić information content (AvgIpc) is 3.64. The van der Waals surface area contributed by atoms with E-state index in [2.05, 4.69) is 156 Å². The summed E-state index contributed by atoms with van der Waals surface area (Å²) < 4.78 is 8.63. The second-order valence-electron chi connectivity index (χ2n) is 11.7. The third-order valence-corrected chi connectivity index (χ3v) is 9.34. The second-order valence-corrected chi connectivity index (χ2v) is 11.7. The summed E-state index contributed by atoms with van der Waals surface area (Å²) >= 11 is 0. The zero-order valence-electron chi connectivity index (χ0n) is 23.8. The van der Waals surface area contributed by atoms with E-state index in [1.54, 1.807) is 0 Å². The minimum atomic E-state index is 0.950. The molecule has 0 N–H and O–H groups in total. The van der Waals surface area contributed by atoms with Gasteiger partial charge in [0.2, 0.25) is 0 Å². The van der Waals surface area contributed by atoms with Crippen molar-refractivity contribution >= 4 is 65.3 Å². The molecule has 0 fully saturated rings. The SMILES string of the molecule is c1cc(-c2cccc(-n3c4ccccc4c4ccccc43)c2)cc(-c2ccc3c(c2)c2cccc4oc5cccc3c5c42)c1. The van der Waals surface area contributed by atoms with E-state index in [0.717, 1.165) is 16.9 Å². The van der Waals surface area contributed by atoms with E-state index < -0.39 is 0 Å². The summed E-state index contributed by atoms with van der Waals surface area (Å²) in [5.41, 5.74) is 10.3. The van der Waals surface area contributed by atoms with Gasteiger partial charge in [-0.3, -0.25) is 0 Å². The third-order valence-electron chi connectivity index (χ3n) is 9.34. The Kier molecular flexibility index (Phi) is 4.75. The first-order chi connectivity index (χ1) is 21.8. The Hall–Kier alpha value is -5.86. The predicted molar refractivity (Wildman–Crippen MR) is 185 cm³/mol. The Labute approximate surface area is 253 Å². The van der Waals surface area contributed by atoms with Crippen LogP contribution in [-0.2, 0) is 0 Å². The number of para-hydroxylation sites is 2. The van der Waals surface area contributed by atoms with Gasteiger partial charge >= 0.3 is 0 Å². The molecule has 0 aliphatic rings. The van der Waals surface area contributed by atoms with Crippen molar-refractivity contribution < 1.29 is 4.42 Å². The number of benzene rings is 8. The van der Waals surface area contributed by atoms with Crippen LogP contribution in [0.5, 0.6) is 0 Å². The van der Waals surface area contributed by atoms with Crippen LogP contribution < -0.4 is 0 Å². The van der Waals surface area contributed by atoms with Crippen molar-refractivity contribution in [3.05, 3.63) is 152 Å². The minimum absolute atomic E-state index is 0.950. The lowest BCUT2D eigenvalue weighted by atomic mass is 9.91. The Morgan fingerprint density at radius 3 is 1.55 bits per heavy atom. The molecule has 0 atom stereocenters. The quantitative estimate of drug-likeness (QED) is 0.197. The van der Waals surface area contributed by atoms with E-state index in [-0.39, 0.29) is 0 Å². The molecule has 0 bridgehead atoms. The van der Waals surface area contributed by atoms with Gasteiger partial charge in [0, 0.05) is 27.2 Å². The molecule has 0 saturated carbocycles. The molecule has 2 heterocycles. The summed E-state index contributed by atoms with van der Waals surface area (Å²) in [6.07, 6.45) is 0. The van der Waals surface area contributed by atoms with Gasteiger partial charge in [0.25, 0.3) is 0 Å². The summed E-state index contributed by atoms with van der Waals surface area (Å²) in [6, 6.07) is 54.9. The highest BCUT2D eigenvalue weighted by molar-refractivity contribution is 6.33. The normalized spacial score (nSPS) is 12.1. The molecule has 0 aliphatic heterocycles. The molecule has 2 heteroatoms. The largest absolute Gasteiger partial charge is 0.456 e. The number of rotatable bonds is 3. The minimum Gasteiger partial charge on any atom is -0.456 e. The maximum Gasteiger partial charge on any atom is 0.136 e. The van der Waals surface area contributed by atoms with Gasteiger partial charge in [0.1, 0.15) is 11.2 Å². The first-order valence-corrected chi connectivity index (χ1v) is 15.1. The van der Waals surface area contributed by atoms with Crippen molar-refractivity contribution in [2.24, 2.45) is 0 Å². The Morgan fingerprint density at radius 1 is 0.341 bits per heavy atom. The van der Waals surface area contributed by atoms with Crippen LogP contribution in [0.4, 0.5) is 0 Å². The number of hydrogen-bond acceptors (Lipinski definition) is 1. The molecule has 2 nitrogen and oxygen atoms in total. The molecule has 0 aliphatic carbocycles. The number of furan rings is 1. The summed E-state index contributed by atoms with van der Waals surface area (Å²) in [5.74, 6) is 0. The first kappa shape index (κ1) is 23.7. The van der Waals surface area contributed by atoms with Gasteiger partial charge < -0.3 is 8.98 Å². The molecule has 0 radical (unpaired) electrons. The van der Waals surface area contributed by atoms with Crippen LogP contribution in [0.25, 0.3) is 93.2 Å². The van der Waals surface area contributed by atoms with Crippen LogP contribution in [0.1, 0.15) is 0 Å². The highest BCUT2D eigenvalue weighted by atomic mass is 16.3. The standard InChI is InChI=1S/C42H25NO/c1-3-17-37-32(13-1)33-14-2-4-18-38(33)43(37)30-12-6-11-28(24-30)26-9-5-10-27(23-26)29-21-22-31-34-15-7-19-39-41(34)42-35(36(31)25-29)16-8-20-40(42)44-39/h1-25H. The van der Waals surface area contributed by atoms with Crippen molar-refractivity contribution in [1.29, 1.82) is 0 Å². The fraction of sp³-hybridized carbons (Fsp3) is 0. The van der Waals surface area contributed by atoms with E-state index in [4.69, 9.17) is 4.42 Å². The highest BCUT2D eigenvalue weighted by Crippen LogP contribution is 2.43. The first-order valence-electron chi connectivity index (χ1n) is 15.1.